The molecule has 0 saturated heterocycles. The third-order valence-corrected chi connectivity index (χ3v) is 7.40. The summed E-state index contributed by atoms with van der Waals surface area (Å²) in [5.41, 5.74) is 3.38. The van der Waals surface area contributed by atoms with Crippen molar-refractivity contribution in [2.45, 2.75) is 24.4 Å². The average Bonchev–Trinajstić information content (AvgIpc) is 2.81. The summed E-state index contributed by atoms with van der Waals surface area (Å²) in [5, 5.41) is 18.1. The van der Waals surface area contributed by atoms with Gasteiger partial charge in [-0.3, -0.25) is 4.79 Å². The molecule has 2 atom stereocenters. The largest absolute Gasteiger partial charge is 0.490 e. The molecule has 1 aliphatic rings. The zero-order valence-electron chi connectivity index (χ0n) is 17.4. The minimum absolute atomic E-state index is 0.0196. The third kappa shape index (κ3) is 5.07. The van der Waals surface area contributed by atoms with Gasteiger partial charge in [0.15, 0.2) is 5.52 Å². The predicted octanol–water partition coefficient (Wildman–Crippen LogP) is 4.56. The Morgan fingerprint density at radius 2 is 2.25 bits per heavy atom. The number of aromatic nitrogens is 1. The van der Waals surface area contributed by atoms with Crippen molar-refractivity contribution >= 4 is 47.8 Å². The molecule has 0 saturated carbocycles. The number of fused-ring (bicyclic) bond motifs is 2. The van der Waals surface area contributed by atoms with E-state index in [2.05, 4.69) is 16.6 Å². The molecule has 1 aliphatic heterocycles. The molecule has 0 fully saturated rings. The zero-order chi connectivity index (χ0) is 22.5. The lowest BCUT2D eigenvalue weighted by Crippen LogP contribution is -2.17. The lowest BCUT2D eigenvalue weighted by atomic mass is 10.1. The SMILES string of the molecule is CC(N=O)c1cccc(PC(=O)CSc2nc3cc4c(cc3cc2CC#N)OCCN4)c1. The van der Waals surface area contributed by atoms with Gasteiger partial charge in [0.1, 0.15) is 23.4 Å². The Labute approximate surface area is 191 Å². The number of pyridine rings is 1. The molecule has 0 spiro atoms. The number of nitroso groups, excluding NO2 is 1. The second-order valence-electron chi connectivity index (χ2n) is 7.35. The highest BCUT2D eigenvalue weighted by Crippen LogP contribution is 2.34. The van der Waals surface area contributed by atoms with Crippen LogP contribution in [0.2, 0.25) is 0 Å². The molecular weight excluding hydrogens is 443 g/mol. The Kier molecular flexibility index (Phi) is 6.99. The van der Waals surface area contributed by atoms with Gasteiger partial charge in [-0.2, -0.15) is 10.2 Å². The van der Waals surface area contributed by atoms with Crippen LogP contribution in [-0.4, -0.2) is 29.4 Å². The Hall–Kier alpha value is -3.01. The molecule has 162 valence electrons. The number of carbonyl (C=O) groups excluding carboxylic acids is 1. The van der Waals surface area contributed by atoms with Crippen LogP contribution in [0.25, 0.3) is 10.9 Å². The minimum atomic E-state index is -0.440. The Bertz CT molecular complexity index is 1230. The lowest BCUT2D eigenvalue weighted by Gasteiger charge is -2.20. The maximum Gasteiger partial charge on any atom is 0.166 e. The van der Waals surface area contributed by atoms with E-state index in [1.807, 2.05) is 42.5 Å². The first-order chi connectivity index (χ1) is 15.6. The summed E-state index contributed by atoms with van der Waals surface area (Å²) in [5.74, 6) is 1.04. The maximum absolute atomic E-state index is 12.6. The van der Waals surface area contributed by atoms with Crippen LogP contribution in [0.15, 0.2) is 52.7 Å². The van der Waals surface area contributed by atoms with Crippen molar-refractivity contribution in [3.8, 4) is 11.8 Å². The molecule has 4 rings (SSSR count). The van der Waals surface area contributed by atoms with Gasteiger partial charge >= 0.3 is 0 Å². The number of rotatable bonds is 8. The minimum Gasteiger partial charge on any atom is -0.490 e. The first kappa shape index (κ1) is 22.2. The second-order valence-corrected chi connectivity index (χ2v) is 9.70. The van der Waals surface area contributed by atoms with Gasteiger partial charge in [0.05, 0.1) is 29.4 Å². The van der Waals surface area contributed by atoms with E-state index in [0.29, 0.717) is 11.6 Å². The molecule has 1 aromatic heterocycles. The van der Waals surface area contributed by atoms with Crippen molar-refractivity contribution < 1.29 is 9.53 Å². The van der Waals surface area contributed by atoms with E-state index in [0.717, 1.165) is 45.3 Å². The molecule has 0 radical (unpaired) electrons. The Balaban J connectivity index is 1.51. The number of benzene rings is 2. The van der Waals surface area contributed by atoms with Crippen LogP contribution < -0.4 is 15.4 Å². The van der Waals surface area contributed by atoms with Crippen LogP contribution in [0, 0.1) is 16.2 Å². The first-order valence-electron chi connectivity index (χ1n) is 10.1. The monoisotopic (exact) mass is 464 g/mol. The highest BCUT2D eigenvalue weighted by molar-refractivity contribution is 8.00. The number of ether oxygens (including phenoxy) is 1. The Morgan fingerprint density at radius 1 is 1.38 bits per heavy atom. The van der Waals surface area contributed by atoms with Crippen LogP contribution in [0.3, 0.4) is 0 Å². The number of nitrogens with zero attached hydrogens (tertiary/aromatic N) is 3. The number of carbonyl (C=O) groups is 1. The summed E-state index contributed by atoms with van der Waals surface area (Å²) in [6, 6.07) is 15.0. The van der Waals surface area contributed by atoms with Crippen molar-refractivity contribution in [3.05, 3.63) is 58.5 Å². The van der Waals surface area contributed by atoms with E-state index in [-0.39, 0.29) is 26.3 Å². The molecule has 0 amide bonds. The predicted molar refractivity (Wildman–Crippen MR) is 129 cm³/mol. The van der Waals surface area contributed by atoms with Crippen molar-refractivity contribution in [2.75, 3.05) is 24.2 Å². The standard InChI is InChI=1S/C23H21N4O3PS/c1-14(27-29)15-3-2-4-18(10-15)31-22(28)13-32-23-16(5-6-24)9-17-11-21-20(12-19(17)26-23)25-7-8-30-21/h2-4,9-12,14,25,31H,5,7-8,13H2,1H3. The maximum atomic E-state index is 12.6. The molecule has 1 N–H and O–H groups in total. The normalized spacial score (nSPS) is 13.8. The number of nitriles is 1. The number of hydrogen-bond acceptors (Lipinski definition) is 8. The van der Waals surface area contributed by atoms with E-state index < -0.39 is 6.04 Å². The fraction of sp³-hybridized carbons (Fsp3) is 0.261. The van der Waals surface area contributed by atoms with Gasteiger partial charge in [-0.1, -0.05) is 35.1 Å². The molecule has 32 heavy (non-hydrogen) atoms. The molecule has 2 aromatic carbocycles. The highest BCUT2D eigenvalue weighted by Gasteiger charge is 2.16. The number of nitrogens with one attached hydrogen (secondary N) is 1. The number of hydrogen-bond donors (Lipinski definition) is 1. The van der Waals surface area contributed by atoms with Gasteiger partial charge in [-0.25, -0.2) is 4.98 Å². The van der Waals surface area contributed by atoms with E-state index in [1.54, 1.807) is 6.92 Å². The van der Waals surface area contributed by atoms with Crippen molar-refractivity contribution in [3.63, 3.8) is 0 Å². The summed E-state index contributed by atoms with van der Waals surface area (Å²) in [6.07, 6.45) is 0.219. The summed E-state index contributed by atoms with van der Waals surface area (Å²) >= 11 is 1.36. The van der Waals surface area contributed by atoms with Crippen molar-refractivity contribution in [1.29, 1.82) is 5.26 Å². The third-order valence-electron chi connectivity index (χ3n) is 5.05. The number of thioether (sulfide) groups is 1. The molecule has 0 bridgehead atoms. The van der Waals surface area contributed by atoms with Crippen LogP contribution in [-0.2, 0) is 11.2 Å². The molecular formula is C23H21N4O3PS. The molecule has 3 aromatic rings. The van der Waals surface area contributed by atoms with Crippen LogP contribution in [0.1, 0.15) is 24.1 Å². The van der Waals surface area contributed by atoms with Gasteiger partial charge < -0.3 is 10.1 Å². The molecule has 0 aliphatic carbocycles. The van der Waals surface area contributed by atoms with Gasteiger partial charge in [-0.05, 0) is 56.2 Å². The molecule has 2 heterocycles. The molecule has 7 nitrogen and oxygen atoms in total. The number of anilines is 1. The van der Waals surface area contributed by atoms with E-state index in [4.69, 9.17) is 9.72 Å². The molecule has 9 heteroatoms. The van der Waals surface area contributed by atoms with Crippen LogP contribution in [0.4, 0.5) is 5.69 Å². The van der Waals surface area contributed by atoms with Crippen molar-refractivity contribution in [1.82, 2.24) is 4.98 Å². The van der Waals surface area contributed by atoms with E-state index >= 15 is 0 Å². The van der Waals surface area contributed by atoms with Gasteiger partial charge in [-0.15, -0.1) is 0 Å². The fourth-order valence-electron chi connectivity index (χ4n) is 3.44. The molecule has 2 unspecified atom stereocenters. The first-order valence-corrected chi connectivity index (χ1v) is 12.1. The smallest absolute Gasteiger partial charge is 0.166 e. The zero-order valence-corrected chi connectivity index (χ0v) is 19.2. The van der Waals surface area contributed by atoms with E-state index in [1.165, 1.54) is 11.8 Å². The summed E-state index contributed by atoms with van der Waals surface area (Å²) in [7, 11) is -0.0196. The summed E-state index contributed by atoms with van der Waals surface area (Å²) < 4.78 is 5.70. The van der Waals surface area contributed by atoms with Crippen LogP contribution >= 0.6 is 20.3 Å². The van der Waals surface area contributed by atoms with Crippen LogP contribution in [0.5, 0.6) is 5.75 Å². The second kappa shape index (κ2) is 10.1. The fourth-order valence-corrected chi connectivity index (χ4v) is 5.43. The highest BCUT2D eigenvalue weighted by atomic mass is 32.2. The van der Waals surface area contributed by atoms with E-state index in [9.17, 15) is 15.0 Å². The Morgan fingerprint density at radius 3 is 3.06 bits per heavy atom. The summed E-state index contributed by atoms with van der Waals surface area (Å²) in [6.45, 7) is 3.08. The topological polar surface area (TPSA) is 104 Å². The van der Waals surface area contributed by atoms with Crippen molar-refractivity contribution in [2.24, 2.45) is 5.18 Å². The lowest BCUT2D eigenvalue weighted by molar-refractivity contribution is -0.109. The van der Waals surface area contributed by atoms with Gasteiger partial charge in [0, 0.05) is 11.9 Å². The average molecular weight is 464 g/mol. The van der Waals surface area contributed by atoms with Gasteiger partial charge in [0.2, 0.25) is 0 Å². The summed E-state index contributed by atoms with van der Waals surface area (Å²) in [4.78, 5) is 28.2. The van der Waals surface area contributed by atoms with Gasteiger partial charge in [0.25, 0.3) is 0 Å². The quantitative estimate of drug-likeness (QED) is 0.296.